The summed E-state index contributed by atoms with van der Waals surface area (Å²) in [6.07, 6.45) is 1.61. The molecule has 3 rings (SSSR count). The molecule has 2 heterocycles. The predicted octanol–water partition coefficient (Wildman–Crippen LogP) is 1.24. The van der Waals surface area contributed by atoms with Crippen LogP contribution < -0.4 is 5.32 Å². The molecule has 1 N–H and O–H groups in total. The highest BCUT2D eigenvalue weighted by Gasteiger charge is 2.24. The molecule has 0 bridgehead atoms. The van der Waals surface area contributed by atoms with E-state index in [1.54, 1.807) is 16.9 Å². The van der Waals surface area contributed by atoms with Crippen molar-refractivity contribution in [3.63, 3.8) is 0 Å². The van der Waals surface area contributed by atoms with Gasteiger partial charge in [0.2, 0.25) is 0 Å². The molecule has 7 nitrogen and oxygen atoms in total. The van der Waals surface area contributed by atoms with Crippen LogP contribution in [0.1, 0.15) is 29.0 Å². The molecule has 1 amide bonds. The number of rotatable bonds is 6. The van der Waals surface area contributed by atoms with Crippen LogP contribution in [-0.4, -0.2) is 58.6 Å². The second kappa shape index (κ2) is 8.17. The van der Waals surface area contributed by atoms with Crippen molar-refractivity contribution in [1.82, 2.24) is 25.2 Å². The van der Waals surface area contributed by atoms with Gasteiger partial charge in [-0.15, -0.1) is 5.10 Å². The third kappa shape index (κ3) is 4.40. The van der Waals surface area contributed by atoms with E-state index in [1.807, 2.05) is 13.0 Å². The zero-order valence-electron chi connectivity index (χ0n) is 14.2. The maximum absolute atomic E-state index is 13.6. The number of ether oxygens (including phenoxy) is 1. The molecule has 2 aromatic rings. The van der Waals surface area contributed by atoms with Crippen molar-refractivity contribution in [3.8, 4) is 0 Å². The molecule has 25 heavy (non-hydrogen) atoms. The van der Waals surface area contributed by atoms with E-state index in [9.17, 15) is 9.18 Å². The number of carbonyl (C=O) groups is 1. The molecule has 1 saturated heterocycles. The maximum Gasteiger partial charge on any atom is 0.273 e. The highest BCUT2D eigenvalue weighted by atomic mass is 19.1. The predicted molar refractivity (Wildman–Crippen MR) is 89.6 cm³/mol. The first-order valence-electron chi connectivity index (χ1n) is 8.43. The van der Waals surface area contributed by atoms with E-state index < -0.39 is 0 Å². The summed E-state index contributed by atoms with van der Waals surface area (Å²) < 4.78 is 20.6. The number of morpholine rings is 1. The van der Waals surface area contributed by atoms with Crippen LogP contribution in [0.15, 0.2) is 30.5 Å². The number of nitrogens with one attached hydrogen (secondary N) is 1. The largest absolute Gasteiger partial charge is 0.379 e. The van der Waals surface area contributed by atoms with Gasteiger partial charge in [-0.25, -0.2) is 4.39 Å². The van der Waals surface area contributed by atoms with E-state index in [2.05, 4.69) is 20.5 Å². The van der Waals surface area contributed by atoms with E-state index in [0.29, 0.717) is 26.3 Å². The summed E-state index contributed by atoms with van der Waals surface area (Å²) in [5, 5.41) is 10.6. The average Bonchev–Trinajstić information content (AvgIpc) is 3.12. The smallest absolute Gasteiger partial charge is 0.273 e. The first-order valence-corrected chi connectivity index (χ1v) is 8.43. The topological polar surface area (TPSA) is 72.3 Å². The minimum absolute atomic E-state index is 0.121. The number of carbonyl (C=O) groups excluding carboxylic acids is 1. The molecule has 134 valence electrons. The second-order valence-electron chi connectivity index (χ2n) is 5.89. The molecule has 0 saturated carbocycles. The molecule has 8 heteroatoms. The summed E-state index contributed by atoms with van der Waals surface area (Å²) in [7, 11) is 0. The van der Waals surface area contributed by atoms with Gasteiger partial charge in [-0.3, -0.25) is 14.4 Å². The zero-order valence-corrected chi connectivity index (χ0v) is 14.2. The Kier molecular flexibility index (Phi) is 5.72. The molecule has 1 unspecified atom stereocenters. The van der Waals surface area contributed by atoms with Crippen LogP contribution in [0.25, 0.3) is 0 Å². The lowest BCUT2D eigenvalue weighted by atomic mass is 10.0. The molecular formula is C17H22FN5O2. The van der Waals surface area contributed by atoms with Gasteiger partial charge in [0.15, 0.2) is 5.69 Å². The lowest BCUT2D eigenvalue weighted by molar-refractivity contribution is 0.0161. The Hall–Kier alpha value is -2.32. The fraction of sp³-hybridized carbons (Fsp3) is 0.471. The van der Waals surface area contributed by atoms with Crippen LogP contribution in [0.5, 0.6) is 0 Å². The number of hydrogen-bond acceptors (Lipinski definition) is 5. The monoisotopic (exact) mass is 347 g/mol. The highest BCUT2D eigenvalue weighted by molar-refractivity contribution is 5.91. The van der Waals surface area contributed by atoms with Gasteiger partial charge in [0.25, 0.3) is 5.91 Å². The quantitative estimate of drug-likeness (QED) is 0.851. The second-order valence-corrected chi connectivity index (χ2v) is 5.89. The summed E-state index contributed by atoms with van der Waals surface area (Å²) >= 11 is 0. The van der Waals surface area contributed by atoms with Gasteiger partial charge < -0.3 is 10.1 Å². The Bertz CT molecular complexity index is 715. The SMILES string of the molecule is CCn1cc(C(=O)NCC(c2cccc(F)c2)N2CCOCC2)nn1. The van der Waals surface area contributed by atoms with Crippen molar-refractivity contribution in [2.45, 2.75) is 19.5 Å². The maximum atomic E-state index is 13.6. The van der Waals surface area contributed by atoms with Gasteiger partial charge in [0.1, 0.15) is 5.82 Å². The number of aromatic nitrogens is 3. The van der Waals surface area contributed by atoms with E-state index in [1.165, 1.54) is 12.1 Å². The van der Waals surface area contributed by atoms with Crippen molar-refractivity contribution >= 4 is 5.91 Å². The number of benzene rings is 1. The summed E-state index contributed by atoms with van der Waals surface area (Å²) in [6, 6.07) is 6.38. The van der Waals surface area contributed by atoms with Gasteiger partial charge in [-0.1, -0.05) is 17.3 Å². The first-order chi connectivity index (χ1) is 12.2. The minimum Gasteiger partial charge on any atom is -0.379 e. The fourth-order valence-electron chi connectivity index (χ4n) is 2.90. The van der Waals surface area contributed by atoms with E-state index >= 15 is 0 Å². The molecule has 1 aliphatic rings. The number of aryl methyl sites for hydroxylation is 1. The molecule has 0 aliphatic carbocycles. The van der Waals surface area contributed by atoms with E-state index in [0.717, 1.165) is 18.7 Å². The Balaban J connectivity index is 1.71. The number of halogens is 1. The highest BCUT2D eigenvalue weighted by Crippen LogP contribution is 2.22. The molecule has 1 atom stereocenters. The Labute approximate surface area is 145 Å². The lowest BCUT2D eigenvalue weighted by Crippen LogP contribution is -2.43. The molecule has 1 aliphatic heterocycles. The van der Waals surface area contributed by atoms with Crippen molar-refractivity contribution < 1.29 is 13.9 Å². The van der Waals surface area contributed by atoms with Crippen molar-refractivity contribution in [2.24, 2.45) is 0 Å². The van der Waals surface area contributed by atoms with Gasteiger partial charge in [0, 0.05) is 26.2 Å². The fourth-order valence-corrected chi connectivity index (χ4v) is 2.90. The van der Waals surface area contributed by atoms with Crippen molar-refractivity contribution in [1.29, 1.82) is 0 Å². The van der Waals surface area contributed by atoms with Crippen LogP contribution in [-0.2, 0) is 11.3 Å². The third-order valence-corrected chi connectivity index (χ3v) is 4.27. The molecule has 0 radical (unpaired) electrons. The van der Waals surface area contributed by atoms with Crippen LogP contribution in [0, 0.1) is 5.82 Å². The molecule has 1 aromatic carbocycles. The first kappa shape index (κ1) is 17.5. The summed E-state index contributed by atoms with van der Waals surface area (Å²) in [5.41, 5.74) is 1.11. The summed E-state index contributed by atoms with van der Waals surface area (Å²) in [6.45, 7) is 5.68. The van der Waals surface area contributed by atoms with E-state index in [4.69, 9.17) is 4.74 Å². The number of hydrogen-bond donors (Lipinski definition) is 1. The van der Waals surface area contributed by atoms with Gasteiger partial charge in [-0.05, 0) is 24.6 Å². The van der Waals surface area contributed by atoms with Crippen LogP contribution in [0.3, 0.4) is 0 Å². The van der Waals surface area contributed by atoms with Crippen LogP contribution in [0.2, 0.25) is 0 Å². The standard InChI is InChI=1S/C17H22FN5O2/c1-2-23-12-15(20-21-23)17(24)19-11-16(22-6-8-25-9-7-22)13-4-3-5-14(18)10-13/h3-5,10,12,16H,2,6-9,11H2,1H3,(H,19,24). The molecule has 1 fully saturated rings. The van der Waals surface area contributed by atoms with Crippen LogP contribution >= 0.6 is 0 Å². The molecular weight excluding hydrogens is 325 g/mol. The average molecular weight is 347 g/mol. The van der Waals surface area contributed by atoms with Gasteiger partial charge in [-0.2, -0.15) is 0 Å². The third-order valence-electron chi connectivity index (χ3n) is 4.27. The number of nitrogens with zero attached hydrogens (tertiary/aromatic N) is 4. The number of amides is 1. The Morgan fingerprint density at radius 3 is 2.88 bits per heavy atom. The molecule has 0 spiro atoms. The Morgan fingerprint density at radius 2 is 2.20 bits per heavy atom. The van der Waals surface area contributed by atoms with Crippen molar-refractivity contribution in [2.75, 3.05) is 32.8 Å². The normalized spacial score (nSPS) is 16.6. The van der Waals surface area contributed by atoms with E-state index in [-0.39, 0.29) is 23.5 Å². The summed E-state index contributed by atoms with van der Waals surface area (Å²) in [5.74, 6) is -0.567. The minimum atomic E-state index is -0.284. The Morgan fingerprint density at radius 1 is 1.40 bits per heavy atom. The lowest BCUT2D eigenvalue weighted by Gasteiger charge is -2.34. The summed E-state index contributed by atoms with van der Waals surface area (Å²) in [4.78, 5) is 14.5. The zero-order chi connectivity index (χ0) is 17.6. The van der Waals surface area contributed by atoms with Gasteiger partial charge >= 0.3 is 0 Å². The van der Waals surface area contributed by atoms with Crippen molar-refractivity contribution in [3.05, 3.63) is 47.5 Å². The van der Waals surface area contributed by atoms with Crippen LogP contribution in [0.4, 0.5) is 4.39 Å². The van der Waals surface area contributed by atoms with Gasteiger partial charge in [0.05, 0.1) is 25.5 Å². The molecule has 1 aromatic heterocycles.